The third kappa shape index (κ3) is 4.14. The van der Waals surface area contributed by atoms with Gasteiger partial charge in [0.05, 0.1) is 5.69 Å². The van der Waals surface area contributed by atoms with Crippen LogP contribution in [0.2, 0.25) is 0 Å². The molecule has 0 amide bonds. The zero-order chi connectivity index (χ0) is 15.4. The van der Waals surface area contributed by atoms with E-state index in [0.717, 1.165) is 16.7 Å². The molecule has 1 atom stereocenters. The lowest BCUT2D eigenvalue weighted by Crippen LogP contribution is -2.24. The quantitative estimate of drug-likeness (QED) is 0.840. The van der Waals surface area contributed by atoms with E-state index in [1.807, 2.05) is 29.9 Å². The van der Waals surface area contributed by atoms with Gasteiger partial charge in [0, 0.05) is 34.7 Å². The van der Waals surface area contributed by atoms with Crippen LogP contribution in [0.15, 0.2) is 34.9 Å². The van der Waals surface area contributed by atoms with Crippen molar-refractivity contribution in [2.45, 2.75) is 39.3 Å². The van der Waals surface area contributed by atoms with Crippen molar-refractivity contribution < 1.29 is 4.39 Å². The smallest absolute Gasteiger partial charge is 0.128 e. The van der Waals surface area contributed by atoms with Crippen LogP contribution in [-0.2, 0) is 6.42 Å². The number of benzene rings is 1. The molecular formula is C16H21BrFN3. The van der Waals surface area contributed by atoms with E-state index in [9.17, 15) is 4.39 Å². The molecule has 2 rings (SSSR count). The van der Waals surface area contributed by atoms with Gasteiger partial charge in [0.2, 0.25) is 0 Å². The average molecular weight is 354 g/mol. The van der Waals surface area contributed by atoms with Gasteiger partial charge in [-0.15, -0.1) is 0 Å². The Hall–Kier alpha value is -1.20. The second kappa shape index (κ2) is 7.18. The summed E-state index contributed by atoms with van der Waals surface area (Å²) in [6, 6.07) is 7.30. The van der Waals surface area contributed by atoms with Gasteiger partial charge in [0.25, 0.3) is 0 Å². The van der Waals surface area contributed by atoms with Crippen molar-refractivity contribution >= 4 is 15.9 Å². The van der Waals surface area contributed by atoms with E-state index >= 15 is 0 Å². The highest BCUT2D eigenvalue weighted by molar-refractivity contribution is 9.10. The van der Waals surface area contributed by atoms with Crippen molar-refractivity contribution in [3.05, 3.63) is 52.0 Å². The number of nitrogens with one attached hydrogen (secondary N) is 1. The van der Waals surface area contributed by atoms with Gasteiger partial charge in [-0.25, -0.2) is 4.39 Å². The number of hydrogen-bond acceptors (Lipinski definition) is 2. The fourth-order valence-electron chi connectivity index (χ4n) is 2.30. The Balaban J connectivity index is 2.23. The van der Waals surface area contributed by atoms with Crippen molar-refractivity contribution in [1.29, 1.82) is 0 Å². The van der Waals surface area contributed by atoms with E-state index in [1.165, 1.54) is 6.07 Å². The van der Waals surface area contributed by atoms with Gasteiger partial charge < -0.3 is 5.32 Å². The molecule has 0 saturated carbocycles. The van der Waals surface area contributed by atoms with Crippen molar-refractivity contribution in [1.82, 2.24) is 15.1 Å². The number of aromatic nitrogens is 2. The second-order valence-corrected chi connectivity index (χ2v) is 6.28. The normalized spacial score (nSPS) is 12.9. The summed E-state index contributed by atoms with van der Waals surface area (Å²) in [6.45, 7) is 6.98. The highest BCUT2D eigenvalue weighted by Crippen LogP contribution is 2.24. The molecule has 2 aromatic rings. The molecule has 1 aromatic carbocycles. The molecule has 1 N–H and O–H groups in total. The van der Waals surface area contributed by atoms with Crippen LogP contribution >= 0.6 is 15.9 Å². The van der Waals surface area contributed by atoms with E-state index in [2.05, 4.69) is 40.2 Å². The summed E-state index contributed by atoms with van der Waals surface area (Å²) in [6.07, 6.45) is 2.64. The number of hydrogen-bond donors (Lipinski definition) is 1. The lowest BCUT2D eigenvalue weighted by atomic mass is 10.0. The van der Waals surface area contributed by atoms with Gasteiger partial charge in [-0.05, 0) is 44.7 Å². The first-order valence-corrected chi connectivity index (χ1v) is 8.03. The molecule has 0 saturated heterocycles. The summed E-state index contributed by atoms with van der Waals surface area (Å²) < 4.78 is 16.9. The van der Waals surface area contributed by atoms with E-state index in [0.29, 0.717) is 18.0 Å². The maximum atomic E-state index is 14.1. The predicted molar refractivity (Wildman–Crippen MR) is 86.8 cm³/mol. The summed E-state index contributed by atoms with van der Waals surface area (Å²) in [5, 5.41) is 7.90. The lowest BCUT2D eigenvalue weighted by molar-refractivity contribution is 0.490. The van der Waals surface area contributed by atoms with E-state index in [1.54, 1.807) is 6.07 Å². The Kier molecular flexibility index (Phi) is 5.53. The van der Waals surface area contributed by atoms with Gasteiger partial charge in [-0.3, -0.25) is 4.68 Å². The van der Waals surface area contributed by atoms with Crippen LogP contribution in [0.1, 0.15) is 44.1 Å². The topological polar surface area (TPSA) is 29.9 Å². The van der Waals surface area contributed by atoms with Gasteiger partial charge in [-0.1, -0.05) is 22.9 Å². The SMILES string of the molecule is CCNC(Cc1ccn(C(C)C)n1)c1cc(Br)ccc1F. The van der Waals surface area contributed by atoms with Gasteiger partial charge in [0.1, 0.15) is 5.82 Å². The summed E-state index contributed by atoms with van der Waals surface area (Å²) in [5.74, 6) is -0.188. The molecule has 5 heteroatoms. The fourth-order valence-corrected chi connectivity index (χ4v) is 2.68. The Morgan fingerprint density at radius 3 is 2.71 bits per heavy atom. The first kappa shape index (κ1) is 16.2. The lowest BCUT2D eigenvalue weighted by Gasteiger charge is -2.18. The minimum atomic E-state index is -0.188. The third-order valence-electron chi connectivity index (χ3n) is 3.39. The summed E-state index contributed by atoms with van der Waals surface area (Å²) in [7, 11) is 0. The van der Waals surface area contributed by atoms with Crippen molar-refractivity contribution in [2.75, 3.05) is 6.54 Å². The van der Waals surface area contributed by atoms with Crippen molar-refractivity contribution in [3.8, 4) is 0 Å². The van der Waals surface area contributed by atoms with Crippen LogP contribution in [0, 0.1) is 5.82 Å². The van der Waals surface area contributed by atoms with E-state index in [-0.39, 0.29) is 11.9 Å². The minimum Gasteiger partial charge on any atom is -0.310 e. The first-order valence-electron chi connectivity index (χ1n) is 7.23. The number of rotatable bonds is 6. The summed E-state index contributed by atoms with van der Waals surface area (Å²) >= 11 is 3.41. The predicted octanol–water partition coefficient (Wildman–Crippen LogP) is 4.26. The average Bonchev–Trinajstić information content (AvgIpc) is 2.90. The molecule has 114 valence electrons. The largest absolute Gasteiger partial charge is 0.310 e. The Labute approximate surface area is 133 Å². The fraction of sp³-hybridized carbons (Fsp3) is 0.438. The number of nitrogens with zero attached hydrogens (tertiary/aromatic N) is 2. The zero-order valence-corrected chi connectivity index (χ0v) is 14.2. The maximum Gasteiger partial charge on any atom is 0.128 e. The molecule has 0 aliphatic rings. The Morgan fingerprint density at radius 2 is 2.10 bits per heavy atom. The standard InChI is InChI=1S/C16H21BrFN3/c1-4-19-16(14-9-12(17)5-6-15(14)18)10-13-7-8-21(20-13)11(2)3/h5-9,11,16,19H,4,10H2,1-3H3. The molecule has 0 fully saturated rings. The Morgan fingerprint density at radius 1 is 1.33 bits per heavy atom. The van der Waals surface area contributed by atoms with Crippen LogP contribution in [0.4, 0.5) is 4.39 Å². The summed E-state index contributed by atoms with van der Waals surface area (Å²) in [5.41, 5.74) is 1.64. The molecule has 1 aromatic heterocycles. The molecule has 1 unspecified atom stereocenters. The van der Waals surface area contributed by atoms with Gasteiger partial charge >= 0.3 is 0 Å². The van der Waals surface area contributed by atoms with Crippen LogP contribution in [0.3, 0.4) is 0 Å². The van der Waals surface area contributed by atoms with Crippen molar-refractivity contribution in [3.63, 3.8) is 0 Å². The molecular weight excluding hydrogens is 333 g/mol. The van der Waals surface area contributed by atoms with E-state index < -0.39 is 0 Å². The van der Waals surface area contributed by atoms with Gasteiger partial charge in [-0.2, -0.15) is 5.10 Å². The van der Waals surface area contributed by atoms with Crippen LogP contribution in [0.25, 0.3) is 0 Å². The van der Waals surface area contributed by atoms with Crippen LogP contribution < -0.4 is 5.32 Å². The zero-order valence-electron chi connectivity index (χ0n) is 12.6. The molecule has 21 heavy (non-hydrogen) atoms. The molecule has 0 spiro atoms. The minimum absolute atomic E-state index is 0.0805. The molecule has 0 aliphatic carbocycles. The highest BCUT2D eigenvalue weighted by Gasteiger charge is 2.17. The van der Waals surface area contributed by atoms with Gasteiger partial charge in [0.15, 0.2) is 0 Å². The molecule has 0 aliphatic heterocycles. The first-order chi connectivity index (χ1) is 10.0. The Bertz CT molecular complexity index is 595. The molecule has 3 nitrogen and oxygen atoms in total. The monoisotopic (exact) mass is 353 g/mol. The third-order valence-corrected chi connectivity index (χ3v) is 3.88. The van der Waals surface area contributed by atoms with Crippen molar-refractivity contribution in [2.24, 2.45) is 0 Å². The summed E-state index contributed by atoms with van der Waals surface area (Å²) in [4.78, 5) is 0. The number of likely N-dealkylation sites (N-methyl/N-ethyl adjacent to an activating group) is 1. The molecule has 0 bridgehead atoms. The molecule has 0 radical (unpaired) electrons. The second-order valence-electron chi connectivity index (χ2n) is 5.36. The van der Waals surface area contributed by atoms with Crippen LogP contribution in [-0.4, -0.2) is 16.3 Å². The molecule has 1 heterocycles. The number of halogens is 2. The van der Waals surface area contributed by atoms with E-state index in [4.69, 9.17) is 0 Å². The maximum absolute atomic E-state index is 14.1. The highest BCUT2D eigenvalue weighted by atomic mass is 79.9. The van der Waals surface area contributed by atoms with Crippen LogP contribution in [0.5, 0.6) is 0 Å².